The fourth-order valence-electron chi connectivity index (χ4n) is 3.64. The van der Waals surface area contributed by atoms with Gasteiger partial charge in [-0.25, -0.2) is 4.98 Å². The van der Waals surface area contributed by atoms with Crippen molar-refractivity contribution in [1.82, 2.24) is 4.98 Å². The third-order valence-corrected chi connectivity index (χ3v) is 5.48. The molecule has 24 heavy (non-hydrogen) atoms. The number of halogens is 1. The van der Waals surface area contributed by atoms with Gasteiger partial charge in [0.1, 0.15) is 18.0 Å². The molecule has 3 heterocycles. The highest BCUT2D eigenvalue weighted by Gasteiger charge is 2.36. The van der Waals surface area contributed by atoms with Gasteiger partial charge >= 0.3 is 0 Å². The number of nitriles is 1. The number of hydrogen-bond acceptors (Lipinski definition) is 5. The molecule has 3 rings (SSSR count). The van der Waals surface area contributed by atoms with Crippen LogP contribution in [0.5, 0.6) is 0 Å². The van der Waals surface area contributed by atoms with E-state index in [1.807, 2.05) is 6.92 Å². The third-order valence-electron chi connectivity index (χ3n) is 5.10. The Morgan fingerprint density at radius 1 is 1.42 bits per heavy atom. The van der Waals surface area contributed by atoms with Gasteiger partial charge in [-0.15, -0.1) is 0 Å². The summed E-state index contributed by atoms with van der Waals surface area (Å²) in [5, 5.41) is 9.94. The van der Waals surface area contributed by atoms with Gasteiger partial charge in [0.15, 0.2) is 0 Å². The van der Waals surface area contributed by atoms with E-state index < -0.39 is 6.10 Å². The molecule has 0 saturated carbocycles. The molecule has 2 aliphatic rings. The first kappa shape index (κ1) is 17.0. The molecule has 0 unspecified atom stereocenters. The molecule has 0 aromatic carbocycles. The van der Waals surface area contributed by atoms with Crippen molar-refractivity contribution >= 4 is 23.3 Å². The van der Waals surface area contributed by atoms with Crippen molar-refractivity contribution in [3.63, 3.8) is 0 Å². The summed E-state index contributed by atoms with van der Waals surface area (Å²) in [6.07, 6.45) is 4.79. The highest BCUT2D eigenvalue weighted by Crippen LogP contribution is 2.34. The Morgan fingerprint density at radius 3 is 2.71 bits per heavy atom. The molecule has 0 spiro atoms. The Bertz CT molecular complexity index is 680. The molecule has 2 aliphatic heterocycles. The quantitative estimate of drug-likeness (QED) is 0.903. The zero-order valence-corrected chi connectivity index (χ0v) is 14.4. The van der Waals surface area contributed by atoms with Crippen molar-refractivity contribution in [3.05, 3.63) is 22.3 Å². The zero-order valence-electron chi connectivity index (χ0n) is 13.7. The van der Waals surface area contributed by atoms with Crippen LogP contribution in [0, 0.1) is 24.2 Å². The maximum absolute atomic E-state index is 11.2. The van der Waals surface area contributed by atoms with E-state index in [0.717, 1.165) is 44.3 Å². The smallest absolute Gasteiger partial charge is 0.246 e. The lowest BCUT2D eigenvalue weighted by Gasteiger charge is -2.35. The molecular weight excluding hydrogens is 328 g/mol. The van der Waals surface area contributed by atoms with E-state index in [4.69, 9.17) is 22.1 Å². The Labute approximate surface area is 146 Å². The van der Waals surface area contributed by atoms with Crippen molar-refractivity contribution in [2.75, 3.05) is 18.0 Å². The lowest BCUT2D eigenvalue weighted by molar-refractivity contribution is -0.130. The van der Waals surface area contributed by atoms with Crippen LogP contribution in [0.2, 0.25) is 5.02 Å². The molecule has 7 heteroatoms. The number of nitrogens with two attached hydrogens (primary N) is 1. The second-order valence-corrected chi connectivity index (χ2v) is 6.92. The summed E-state index contributed by atoms with van der Waals surface area (Å²) in [6.45, 7) is 3.47. The number of hydrogen-bond donors (Lipinski definition) is 1. The summed E-state index contributed by atoms with van der Waals surface area (Å²) in [5.41, 5.74) is 6.64. The fraction of sp³-hybridized carbons (Fsp3) is 0.588. The van der Waals surface area contributed by atoms with Crippen LogP contribution in [0.4, 0.5) is 5.82 Å². The molecule has 1 amide bonds. The molecule has 128 valence electrons. The molecule has 2 N–H and O–H groups in total. The van der Waals surface area contributed by atoms with Crippen LogP contribution in [0.15, 0.2) is 6.20 Å². The molecule has 0 radical (unpaired) electrons. The number of piperidine rings is 1. The highest BCUT2D eigenvalue weighted by atomic mass is 35.5. The van der Waals surface area contributed by atoms with E-state index >= 15 is 0 Å². The lowest BCUT2D eigenvalue weighted by atomic mass is 9.89. The number of carbonyl (C=O) groups is 1. The number of anilines is 1. The van der Waals surface area contributed by atoms with Gasteiger partial charge in [0.25, 0.3) is 0 Å². The molecule has 2 atom stereocenters. The first-order chi connectivity index (χ1) is 11.5. The average molecular weight is 349 g/mol. The summed E-state index contributed by atoms with van der Waals surface area (Å²) in [6, 6.07) is 2.22. The first-order valence-corrected chi connectivity index (χ1v) is 8.64. The number of pyridine rings is 1. The van der Waals surface area contributed by atoms with E-state index in [1.54, 1.807) is 6.20 Å². The number of rotatable bonds is 3. The monoisotopic (exact) mass is 348 g/mol. The maximum atomic E-state index is 11.2. The normalized spacial score (nSPS) is 24.8. The predicted octanol–water partition coefficient (Wildman–Crippen LogP) is 2.16. The van der Waals surface area contributed by atoms with Gasteiger partial charge in [0, 0.05) is 19.3 Å². The van der Waals surface area contributed by atoms with Crippen LogP contribution in [-0.2, 0) is 9.53 Å². The fourth-order valence-corrected chi connectivity index (χ4v) is 3.79. The topological polar surface area (TPSA) is 92.2 Å². The van der Waals surface area contributed by atoms with Crippen LogP contribution < -0.4 is 10.6 Å². The molecule has 1 aromatic heterocycles. The lowest BCUT2D eigenvalue weighted by Crippen LogP contribution is -2.39. The minimum atomic E-state index is -0.432. The SMILES string of the molecule is Cc1c(Cl)cnc(N2CCC([C@@H]3CC[C@H](C(N)=O)O3)CC2)c1C#N. The highest BCUT2D eigenvalue weighted by molar-refractivity contribution is 6.31. The molecule has 2 saturated heterocycles. The third kappa shape index (κ3) is 3.19. The van der Waals surface area contributed by atoms with Crippen LogP contribution in [-0.4, -0.2) is 36.2 Å². The number of aromatic nitrogens is 1. The van der Waals surface area contributed by atoms with Crippen LogP contribution in [0.1, 0.15) is 36.8 Å². The first-order valence-electron chi connectivity index (χ1n) is 8.26. The van der Waals surface area contributed by atoms with E-state index in [1.165, 1.54) is 0 Å². The number of carbonyl (C=O) groups excluding carboxylic acids is 1. The van der Waals surface area contributed by atoms with E-state index in [-0.39, 0.29) is 12.0 Å². The van der Waals surface area contributed by atoms with E-state index in [2.05, 4.69) is 16.0 Å². The zero-order chi connectivity index (χ0) is 17.3. The minimum absolute atomic E-state index is 0.111. The maximum Gasteiger partial charge on any atom is 0.246 e. The van der Waals surface area contributed by atoms with Crippen molar-refractivity contribution in [2.24, 2.45) is 11.7 Å². The van der Waals surface area contributed by atoms with Gasteiger partial charge in [-0.3, -0.25) is 4.79 Å². The number of amides is 1. The summed E-state index contributed by atoms with van der Waals surface area (Å²) in [4.78, 5) is 17.7. The predicted molar refractivity (Wildman–Crippen MR) is 90.7 cm³/mol. The largest absolute Gasteiger partial charge is 0.367 e. The van der Waals surface area contributed by atoms with Gasteiger partial charge in [-0.2, -0.15) is 5.26 Å². The van der Waals surface area contributed by atoms with Gasteiger partial charge in [0.05, 0.1) is 16.7 Å². The molecular formula is C17H21ClN4O2. The summed E-state index contributed by atoms with van der Waals surface area (Å²) in [5.74, 6) is 0.763. The molecule has 6 nitrogen and oxygen atoms in total. The van der Waals surface area contributed by atoms with Gasteiger partial charge in [-0.1, -0.05) is 11.6 Å². The van der Waals surface area contributed by atoms with Crippen LogP contribution >= 0.6 is 11.6 Å². The van der Waals surface area contributed by atoms with Crippen LogP contribution in [0.25, 0.3) is 0 Å². The standard InChI is InChI=1S/C17H21ClN4O2/c1-10-12(8-19)17(21-9-13(10)18)22-6-4-11(5-7-22)14-2-3-15(24-14)16(20)23/h9,11,14-15H,2-7H2,1H3,(H2,20,23)/t14-,15+/m0/s1. The van der Waals surface area contributed by atoms with E-state index in [9.17, 15) is 10.1 Å². The second-order valence-electron chi connectivity index (χ2n) is 6.51. The van der Waals surface area contributed by atoms with Gasteiger partial charge < -0.3 is 15.4 Å². The Morgan fingerprint density at radius 2 is 2.12 bits per heavy atom. The van der Waals surface area contributed by atoms with Crippen molar-refractivity contribution < 1.29 is 9.53 Å². The Hall–Kier alpha value is -1.84. The minimum Gasteiger partial charge on any atom is -0.367 e. The summed E-state index contributed by atoms with van der Waals surface area (Å²) < 4.78 is 5.80. The van der Waals surface area contributed by atoms with Gasteiger partial charge in [-0.05, 0) is 44.1 Å². The molecule has 2 fully saturated rings. The molecule has 0 aliphatic carbocycles. The van der Waals surface area contributed by atoms with Crippen molar-refractivity contribution in [3.8, 4) is 6.07 Å². The van der Waals surface area contributed by atoms with Crippen molar-refractivity contribution in [2.45, 2.75) is 44.8 Å². The Kier molecular flexibility index (Phi) is 4.93. The number of nitrogens with zero attached hydrogens (tertiary/aromatic N) is 3. The molecule has 0 bridgehead atoms. The second kappa shape index (κ2) is 6.96. The summed E-state index contributed by atoms with van der Waals surface area (Å²) >= 11 is 6.07. The average Bonchev–Trinajstić information content (AvgIpc) is 3.08. The summed E-state index contributed by atoms with van der Waals surface area (Å²) in [7, 11) is 0. The number of ether oxygens (including phenoxy) is 1. The van der Waals surface area contributed by atoms with E-state index in [0.29, 0.717) is 22.3 Å². The Balaban J connectivity index is 1.65. The van der Waals surface area contributed by atoms with Crippen molar-refractivity contribution in [1.29, 1.82) is 5.26 Å². The van der Waals surface area contributed by atoms with Gasteiger partial charge in [0.2, 0.25) is 5.91 Å². The van der Waals surface area contributed by atoms with Crippen LogP contribution in [0.3, 0.4) is 0 Å². The number of primary amides is 1. The molecule has 1 aromatic rings.